The molecule has 1 atom stereocenters. The highest BCUT2D eigenvalue weighted by atomic mass is 35.5. The molecule has 1 aliphatic carbocycles. The van der Waals surface area contributed by atoms with Gasteiger partial charge in [-0.05, 0) is 25.7 Å². The third-order valence-electron chi connectivity index (χ3n) is 4.13. The molecule has 0 spiro atoms. The van der Waals surface area contributed by atoms with Gasteiger partial charge in [0.15, 0.2) is 0 Å². The summed E-state index contributed by atoms with van der Waals surface area (Å²) in [6, 6.07) is 0.423. The number of hydrogen-bond acceptors (Lipinski definition) is 2. The fourth-order valence-electron chi connectivity index (χ4n) is 3.13. The first-order valence-electron chi connectivity index (χ1n) is 7.27. The van der Waals surface area contributed by atoms with Crippen molar-refractivity contribution in [2.45, 2.75) is 51.0 Å². The molecule has 2 rings (SSSR count). The molecule has 104 valence electrons. The second kappa shape index (κ2) is 7.34. The number of alkyl halides is 1. The van der Waals surface area contributed by atoms with E-state index in [0.717, 1.165) is 32.3 Å². The summed E-state index contributed by atoms with van der Waals surface area (Å²) in [4.78, 5) is 14.6. The highest BCUT2D eigenvalue weighted by Crippen LogP contribution is 2.25. The zero-order valence-corrected chi connectivity index (χ0v) is 11.8. The van der Waals surface area contributed by atoms with Gasteiger partial charge in [-0.15, -0.1) is 11.6 Å². The minimum Gasteiger partial charge on any atom is -0.381 e. The summed E-state index contributed by atoms with van der Waals surface area (Å²) in [5.74, 6) is 0.890. The SMILES string of the molecule is O=C(C1CCCOC1)N(CCCl)C1CCCCC1. The second-order valence-corrected chi connectivity index (χ2v) is 5.80. The maximum Gasteiger partial charge on any atom is 0.228 e. The molecule has 1 saturated carbocycles. The molecule has 4 heteroatoms. The van der Waals surface area contributed by atoms with Crippen LogP contribution in [0.2, 0.25) is 0 Å². The third-order valence-corrected chi connectivity index (χ3v) is 4.30. The number of halogens is 1. The van der Waals surface area contributed by atoms with Crippen LogP contribution in [-0.2, 0) is 9.53 Å². The van der Waals surface area contributed by atoms with Crippen molar-refractivity contribution in [3.8, 4) is 0 Å². The first kappa shape index (κ1) is 14.1. The van der Waals surface area contributed by atoms with Crippen molar-refractivity contribution in [2.24, 2.45) is 5.92 Å². The molecule has 1 aliphatic heterocycles. The van der Waals surface area contributed by atoms with E-state index in [4.69, 9.17) is 16.3 Å². The summed E-state index contributed by atoms with van der Waals surface area (Å²) in [6.07, 6.45) is 8.09. The lowest BCUT2D eigenvalue weighted by molar-refractivity contribution is -0.142. The number of carbonyl (C=O) groups excluding carboxylic acids is 1. The number of carbonyl (C=O) groups is 1. The van der Waals surface area contributed by atoms with E-state index >= 15 is 0 Å². The average Bonchev–Trinajstić information content (AvgIpc) is 2.46. The second-order valence-electron chi connectivity index (χ2n) is 5.43. The number of ether oxygens (including phenoxy) is 1. The Morgan fingerprint density at radius 3 is 2.56 bits per heavy atom. The van der Waals surface area contributed by atoms with Gasteiger partial charge in [-0.25, -0.2) is 0 Å². The predicted molar refractivity (Wildman–Crippen MR) is 72.8 cm³/mol. The highest BCUT2D eigenvalue weighted by Gasteiger charge is 2.31. The van der Waals surface area contributed by atoms with Crippen LogP contribution in [0.5, 0.6) is 0 Å². The molecular weight excluding hydrogens is 250 g/mol. The van der Waals surface area contributed by atoms with E-state index in [2.05, 4.69) is 0 Å². The maximum atomic E-state index is 12.6. The Balaban J connectivity index is 1.96. The Labute approximate surface area is 115 Å². The third kappa shape index (κ3) is 3.61. The maximum absolute atomic E-state index is 12.6. The van der Waals surface area contributed by atoms with Gasteiger partial charge in [0.2, 0.25) is 5.91 Å². The topological polar surface area (TPSA) is 29.5 Å². The highest BCUT2D eigenvalue weighted by molar-refractivity contribution is 6.18. The van der Waals surface area contributed by atoms with Crippen LogP contribution >= 0.6 is 11.6 Å². The van der Waals surface area contributed by atoms with Crippen molar-refractivity contribution in [1.29, 1.82) is 0 Å². The number of hydrogen-bond donors (Lipinski definition) is 0. The van der Waals surface area contributed by atoms with Gasteiger partial charge in [0.05, 0.1) is 12.5 Å². The predicted octanol–water partition coefficient (Wildman–Crippen LogP) is 2.81. The van der Waals surface area contributed by atoms with E-state index in [1.54, 1.807) is 0 Å². The van der Waals surface area contributed by atoms with Gasteiger partial charge in [0.25, 0.3) is 0 Å². The van der Waals surface area contributed by atoms with Gasteiger partial charge >= 0.3 is 0 Å². The molecule has 1 unspecified atom stereocenters. The van der Waals surface area contributed by atoms with Crippen LogP contribution in [0.25, 0.3) is 0 Å². The summed E-state index contributed by atoms with van der Waals surface area (Å²) in [5, 5.41) is 0. The molecule has 2 fully saturated rings. The van der Waals surface area contributed by atoms with Crippen molar-refractivity contribution in [2.75, 3.05) is 25.6 Å². The number of amides is 1. The molecule has 3 nitrogen and oxygen atoms in total. The minimum atomic E-state index is 0.0730. The lowest BCUT2D eigenvalue weighted by Gasteiger charge is -2.37. The first-order chi connectivity index (χ1) is 8.83. The van der Waals surface area contributed by atoms with E-state index in [-0.39, 0.29) is 11.8 Å². The van der Waals surface area contributed by atoms with E-state index in [9.17, 15) is 4.79 Å². The molecule has 0 bridgehead atoms. The van der Waals surface area contributed by atoms with E-state index < -0.39 is 0 Å². The van der Waals surface area contributed by atoms with Crippen molar-refractivity contribution < 1.29 is 9.53 Å². The molecule has 18 heavy (non-hydrogen) atoms. The van der Waals surface area contributed by atoms with Gasteiger partial charge in [0, 0.05) is 25.1 Å². The van der Waals surface area contributed by atoms with Crippen molar-refractivity contribution in [3.05, 3.63) is 0 Å². The van der Waals surface area contributed by atoms with Gasteiger partial charge < -0.3 is 9.64 Å². The normalized spacial score (nSPS) is 25.9. The van der Waals surface area contributed by atoms with E-state index in [1.807, 2.05) is 4.90 Å². The summed E-state index contributed by atoms with van der Waals surface area (Å²) < 4.78 is 5.44. The van der Waals surface area contributed by atoms with Crippen LogP contribution in [0.3, 0.4) is 0 Å². The quantitative estimate of drug-likeness (QED) is 0.737. The Bertz CT molecular complexity index is 261. The van der Waals surface area contributed by atoms with Gasteiger partial charge in [-0.2, -0.15) is 0 Å². The van der Waals surface area contributed by atoms with Crippen LogP contribution in [0.15, 0.2) is 0 Å². The zero-order chi connectivity index (χ0) is 12.8. The lowest BCUT2D eigenvalue weighted by atomic mass is 9.92. The number of nitrogens with zero attached hydrogens (tertiary/aromatic N) is 1. The largest absolute Gasteiger partial charge is 0.381 e. The Hall–Kier alpha value is -0.280. The summed E-state index contributed by atoms with van der Waals surface area (Å²) in [5.41, 5.74) is 0. The molecular formula is C14H24ClNO2. The number of rotatable bonds is 4. The van der Waals surface area contributed by atoms with Crippen LogP contribution < -0.4 is 0 Å². The Morgan fingerprint density at radius 1 is 1.17 bits per heavy atom. The molecule has 0 aromatic heterocycles. The molecule has 0 N–H and O–H groups in total. The van der Waals surface area contributed by atoms with Gasteiger partial charge in [-0.1, -0.05) is 19.3 Å². The van der Waals surface area contributed by atoms with Gasteiger partial charge in [0.1, 0.15) is 0 Å². The molecule has 0 aromatic rings. The molecule has 1 heterocycles. The monoisotopic (exact) mass is 273 g/mol. The molecule has 0 aromatic carbocycles. The van der Waals surface area contributed by atoms with Crippen LogP contribution in [0, 0.1) is 5.92 Å². The van der Waals surface area contributed by atoms with Crippen LogP contribution in [0.1, 0.15) is 44.9 Å². The molecule has 0 radical (unpaired) electrons. The molecule has 2 aliphatic rings. The first-order valence-corrected chi connectivity index (χ1v) is 7.80. The molecule has 1 saturated heterocycles. The van der Waals surface area contributed by atoms with E-state index in [0.29, 0.717) is 25.1 Å². The standard InChI is InChI=1S/C14H24ClNO2/c15-8-9-16(13-6-2-1-3-7-13)14(17)12-5-4-10-18-11-12/h12-13H,1-11H2. The fourth-order valence-corrected chi connectivity index (χ4v) is 3.31. The molecule has 1 amide bonds. The minimum absolute atomic E-state index is 0.0730. The Morgan fingerprint density at radius 2 is 1.94 bits per heavy atom. The zero-order valence-electron chi connectivity index (χ0n) is 11.1. The van der Waals surface area contributed by atoms with Crippen LogP contribution in [0.4, 0.5) is 0 Å². The van der Waals surface area contributed by atoms with Crippen molar-refractivity contribution in [1.82, 2.24) is 4.90 Å². The average molecular weight is 274 g/mol. The fraction of sp³-hybridized carbons (Fsp3) is 0.929. The smallest absolute Gasteiger partial charge is 0.228 e. The van der Waals surface area contributed by atoms with Crippen molar-refractivity contribution >= 4 is 17.5 Å². The van der Waals surface area contributed by atoms with Crippen molar-refractivity contribution in [3.63, 3.8) is 0 Å². The Kier molecular flexibility index (Phi) is 5.77. The lowest BCUT2D eigenvalue weighted by Crippen LogP contribution is -2.47. The summed E-state index contributed by atoms with van der Waals surface area (Å²) in [6.45, 7) is 2.11. The van der Waals surface area contributed by atoms with Gasteiger partial charge in [-0.3, -0.25) is 4.79 Å². The van der Waals surface area contributed by atoms with Crippen LogP contribution in [-0.4, -0.2) is 42.5 Å². The summed E-state index contributed by atoms with van der Waals surface area (Å²) >= 11 is 5.87. The van der Waals surface area contributed by atoms with E-state index in [1.165, 1.54) is 19.3 Å². The summed E-state index contributed by atoms with van der Waals surface area (Å²) in [7, 11) is 0.